The minimum Gasteiger partial charge on any atom is -0.493 e. The van der Waals surface area contributed by atoms with Gasteiger partial charge in [0.2, 0.25) is 5.95 Å². The maximum absolute atomic E-state index is 5.46. The summed E-state index contributed by atoms with van der Waals surface area (Å²) in [5, 5.41) is 8.00. The van der Waals surface area contributed by atoms with Gasteiger partial charge in [0.05, 0.1) is 19.9 Å². The van der Waals surface area contributed by atoms with Crippen LogP contribution in [-0.4, -0.2) is 43.8 Å². The van der Waals surface area contributed by atoms with E-state index in [1.54, 1.807) is 31.1 Å². The van der Waals surface area contributed by atoms with Crippen LogP contribution in [-0.2, 0) is 6.54 Å². The van der Waals surface area contributed by atoms with Gasteiger partial charge in [-0.2, -0.15) is 14.6 Å². The van der Waals surface area contributed by atoms with Crippen molar-refractivity contribution in [1.29, 1.82) is 0 Å². The summed E-state index contributed by atoms with van der Waals surface area (Å²) in [7, 11) is 3.24. The molecule has 0 aliphatic heterocycles. The molecule has 9 nitrogen and oxygen atoms in total. The Bertz CT molecular complexity index is 1200. The number of anilines is 1. The van der Waals surface area contributed by atoms with Gasteiger partial charge < -0.3 is 14.8 Å². The number of benzene rings is 1. The number of hydrogen-bond acceptors (Lipinski definition) is 8. The number of nitrogens with one attached hydrogen (secondary N) is 1. The number of ether oxygens (including phenoxy) is 2. The second kappa shape index (κ2) is 7.94. The summed E-state index contributed by atoms with van der Waals surface area (Å²) in [6.07, 6.45) is 3.59. The third-order valence-electron chi connectivity index (χ3n) is 4.73. The summed E-state index contributed by atoms with van der Waals surface area (Å²) in [4.78, 5) is 17.6. The number of hydrogen-bond donors (Lipinski definition) is 1. The van der Waals surface area contributed by atoms with Crippen molar-refractivity contribution in [2.75, 3.05) is 19.5 Å². The van der Waals surface area contributed by atoms with Crippen molar-refractivity contribution < 1.29 is 9.47 Å². The van der Waals surface area contributed by atoms with Gasteiger partial charge in [0, 0.05) is 30.1 Å². The molecule has 0 amide bonds. The van der Waals surface area contributed by atoms with E-state index in [2.05, 4.69) is 30.4 Å². The fourth-order valence-electron chi connectivity index (χ4n) is 3.28. The summed E-state index contributed by atoms with van der Waals surface area (Å²) in [6.45, 7) is 6.20. The van der Waals surface area contributed by atoms with Crippen LogP contribution in [0.5, 0.6) is 11.5 Å². The molecule has 1 aromatic carbocycles. The van der Waals surface area contributed by atoms with Gasteiger partial charge >= 0.3 is 0 Å². The van der Waals surface area contributed by atoms with E-state index in [0.717, 1.165) is 33.9 Å². The second-order valence-electron chi connectivity index (χ2n) is 6.85. The molecule has 0 radical (unpaired) electrons. The number of fused-ring (bicyclic) bond motifs is 1. The fraction of sp³-hybridized carbons (Fsp3) is 0.286. The molecule has 4 aromatic rings. The van der Waals surface area contributed by atoms with E-state index in [1.165, 1.54) is 0 Å². The minimum absolute atomic E-state index is 0.524. The Kier molecular flexibility index (Phi) is 5.18. The molecule has 3 heterocycles. The van der Waals surface area contributed by atoms with Gasteiger partial charge in [0.15, 0.2) is 17.1 Å². The first-order valence-electron chi connectivity index (χ1n) is 9.48. The highest BCUT2D eigenvalue weighted by molar-refractivity contribution is 5.81. The molecule has 0 fully saturated rings. The maximum atomic E-state index is 5.46. The van der Waals surface area contributed by atoms with Crippen molar-refractivity contribution in [3.05, 3.63) is 53.5 Å². The number of rotatable bonds is 6. The van der Waals surface area contributed by atoms with Gasteiger partial charge in [0.1, 0.15) is 11.6 Å². The highest BCUT2D eigenvalue weighted by Gasteiger charge is 2.18. The highest BCUT2D eigenvalue weighted by Crippen LogP contribution is 2.35. The van der Waals surface area contributed by atoms with Crippen LogP contribution >= 0.6 is 0 Å². The maximum Gasteiger partial charge on any atom is 0.227 e. The lowest BCUT2D eigenvalue weighted by Crippen LogP contribution is -2.10. The second-order valence-corrected chi connectivity index (χ2v) is 6.85. The average Bonchev–Trinajstić information content (AvgIpc) is 3.08. The van der Waals surface area contributed by atoms with Crippen LogP contribution < -0.4 is 14.8 Å². The van der Waals surface area contributed by atoms with Gasteiger partial charge in [-0.25, -0.2) is 15.0 Å². The zero-order chi connectivity index (χ0) is 21.3. The van der Waals surface area contributed by atoms with Gasteiger partial charge in [-0.3, -0.25) is 0 Å². The highest BCUT2D eigenvalue weighted by atomic mass is 16.5. The van der Waals surface area contributed by atoms with E-state index in [1.807, 2.05) is 39.0 Å². The van der Waals surface area contributed by atoms with Crippen molar-refractivity contribution in [3.63, 3.8) is 0 Å². The molecular weight excluding hydrogens is 382 g/mol. The summed E-state index contributed by atoms with van der Waals surface area (Å²) < 4.78 is 12.5. The van der Waals surface area contributed by atoms with Gasteiger partial charge in [-0.15, -0.1) is 0 Å². The van der Waals surface area contributed by atoms with Crippen LogP contribution in [0, 0.1) is 20.8 Å². The molecule has 0 unspecified atom stereocenters. The lowest BCUT2D eigenvalue weighted by Gasteiger charge is -2.10. The molecule has 154 valence electrons. The Balaban J connectivity index is 1.76. The van der Waals surface area contributed by atoms with E-state index >= 15 is 0 Å². The standard InChI is InChI=1S/C21H23N7O2/c1-12-19(16-6-7-17(29-4)18(8-16)30-5)20-25-14(3)26-21(28(20)27-12)24-11-15-9-22-13(2)23-10-15/h6-10H,11H2,1-5H3,(H,24,25,26). The molecule has 4 rings (SSSR count). The quantitative estimate of drug-likeness (QED) is 0.522. The number of nitrogens with zero attached hydrogens (tertiary/aromatic N) is 6. The van der Waals surface area contributed by atoms with Crippen LogP contribution in [0.2, 0.25) is 0 Å². The van der Waals surface area contributed by atoms with Crippen molar-refractivity contribution >= 4 is 11.6 Å². The van der Waals surface area contributed by atoms with Crippen molar-refractivity contribution in [3.8, 4) is 22.6 Å². The topological polar surface area (TPSA) is 99.4 Å². The normalized spacial score (nSPS) is 11.0. The van der Waals surface area contributed by atoms with E-state index in [4.69, 9.17) is 9.47 Å². The van der Waals surface area contributed by atoms with E-state index < -0.39 is 0 Å². The average molecular weight is 405 g/mol. The Hall–Kier alpha value is -3.75. The van der Waals surface area contributed by atoms with Crippen LogP contribution in [0.25, 0.3) is 16.8 Å². The van der Waals surface area contributed by atoms with Crippen LogP contribution in [0.4, 0.5) is 5.95 Å². The van der Waals surface area contributed by atoms with E-state index in [0.29, 0.717) is 29.8 Å². The van der Waals surface area contributed by atoms with Crippen LogP contribution in [0.3, 0.4) is 0 Å². The van der Waals surface area contributed by atoms with Crippen LogP contribution in [0.1, 0.15) is 22.9 Å². The Labute approximate surface area is 174 Å². The first kappa shape index (κ1) is 19.6. The molecule has 0 aliphatic carbocycles. The molecule has 0 bridgehead atoms. The smallest absolute Gasteiger partial charge is 0.227 e. The van der Waals surface area contributed by atoms with Gasteiger partial charge in [-0.1, -0.05) is 6.07 Å². The Morgan fingerprint density at radius 3 is 2.37 bits per heavy atom. The van der Waals surface area contributed by atoms with E-state index in [-0.39, 0.29) is 0 Å². The summed E-state index contributed by atoms with van der Waals surface area (Å²) in [5.74, 6) is 3.31. The number of aromatic nitrogens is 6. The largest absolute Gasteiger partial charge is 0.493 e. The molecule has 0 aliphatic rings. The minimum atomic E-state index is 0.524. The van der Waals surface area contributed by atoms with E-state index in [9.17, 15) is 0 Å². The fourth-order valence-corrected chi connectivity index (χ4v) is 3.28. The van der Waals surface area contributed by atoms with Crippen molar-refractivity contribution in [2.24, 2.45) is 0 Å². The monoisotopic (exact) mass is 405 g/mol. The first-order valence-corrected chi connectivity index (χ1v) is 9.48. The number of aryl methyl sites for hydroxylation is 3. The lowest BCUT2D eigenvalue weighted by atomic mass is 10.1. The third-order valence-corrected chi connectivity index (χ3v) is 4.73. The predicted molar refractivity (Wildman–Crippen MR) is 113 cm³/mol. The lowest BCUT2D eigenvalue weighted by molar-refractivity contribution is 0.355. The predicted octanol–water partition coefficient (Wildman–Crippen LogP) is 3.14. The van der Waals surface area contributed by atoms with Crippen LogP contribution in [0.15, 0.2) is 30.6 Å². The zero-order valence-corrected chi connectivity index (χ0v) is 17.6. The summed E-state index contributed by atoms with van der Waals surface area (Å²) >= 11 is 0. The molecule has 0 atom stereocenters. The molecular formula is C21H23N7O2. The molecule has 1 N–H and O–H groups in total. The zero-order valence-electron chi connectivity index (χ0n) is 17.6. The molecule has 9 heteroatoms. The summed E-state index contributed by atoms with van der Waals surface area (Å²) in [6, 6.07) is 5.78. The number of methoxy groups -OCH3 is 2. The molecule has 0 saturated heterocycles. The molecule has 0 spiro atoms. The first-order chi connectivity index (χ1) is 14.5. The summed E-state index contributed by atoms with van der Waals surface area (Å²) in [5.41, 5.74) is 4.37. The SMILES string of the molecule is COc1ccc(-c2c(C)nn3c(NCc4cnc(C)nc4)nc(C)nc23)cc1OC. The molecule has 3 aromatic heterocycles. The van der Waals surface area contributed by atoms with Gasteiger partial charge in [-0.05, 0) is 38.5 Å². The third kappa shape index (κ3) is 3.61. The Morgan fingerprint density at radius 2 is 1.67 bits per heavy atom. The van der Waals surface area contributed by atoms with Crippen molar-refractivity contribution in [2.45, 2.75) is 27.3 Å². The van der Waals surface area contributed by atoms with Crippen molar-refractivity contribution in [1.82, 2.24) is 29.5 Å². The molecule has 0 saturated carbocycles. The van der Waals surface area contributed by atoms with Gasteiger partial charge in [0.25, 0.3) is 0 Å². The molecule has 30 heavy (non-hydrogen) atoms. The Morgan fingerprint density at radius 1 is 0.933 bits per heavy atom.